The Morgan fingerprint density at radius 1 is 1.24 bits per heavy atom. The highest BCUT2D eigenvalue weighted by Crippen LogP contribution is 2.13. The molecule has 2 aromatic heterocycles. The van der Waals surface area contributed by atoms with E-state index in [0.29, 0.717) is 30.5 Å². The van der Waals surface area contributed by atoms with Gasteiger partial charge in [0.2, 0.25) is 0 Å². The number of hydrogen-bond acceptors (Lipinski definition) is 6. The second kappa shape index (κ2) is 7.43. The Labute approximate surface area is 144 Å². The number of aromatic carboxylic acids is 1. The van der Waals surface area contributed by atoms with Crippen LogP contribution in [-0.2, 0) is 0 Å². The summed E-state index contributed by atoms with van der Waals surface area (Å²) in [6, 6.07) is 11.9. The van der Waals surface area contributed by atoms with Crippen LogP contribution in [0.3, 0.4) is 0 Å². The predicted octanol–water partition coefficient (Wildman–Crippen LogP) is 2.16. The van der Waals surface area contributed by atoms with E-state index in [1.54, 1.807) is 16.8 Å². The largest absolute Gasteiger partial charge is 0.492 e. The number of anilines is 1. The van der Waals surface area contributed by atoms with Crippen molar-refractivity contribution in [1.29, 1.82) is 0 Å². The van der Waals surface area contributed by atoms with Crippen LogP contribution in [0.2, 0.25) is 0 Å². The molecule has 0 aliphatic heterocycles. The van der Waals surface area contributed by atoms with E-state index in [9.17, 15) is 4.79 Å². The summed E-state index contributed by atoms with van der Waals surface area (Å²) < 4.78 is 7.18. The van der Waals surface area contributed by atoms with Crippen molar-refractivity contribution in [3.63, 3.8) is 0 Å². The van der Waals surface area contributed by atoms with Crippen molar-refractivity contribution in [2.24, 2.45) is 0 Å². The number of aryl methyl sites for hydroxylation is 1. The van der Waals surface area contributed by atoms with Gasteiger partial charge in [-0.15, -0.1) is 10.2 Å². The zero-order chi connectivity index (χ0) is 17.6. The van der Waals surface area contributed by atoms with Crippen molar-refractivity contribution in [3.8, 4) is 11.6 Å². The molecule has 0 spiro atoms. The minimum Gasteiger partial charge on any atom is -0.492 e. The highest BCUT2D eigenvalue weighted by molar-refractivity contribution is 5.87. The van der Waals surface area contributed by atoms with Gasteiger partial charge in [0.15, 0.2) is 5.82 Å². The smallest absolute Gasteiger partial charge is 0.335 e. The first kappa shape index (κ1) is 16.4. The first-order valence-electron chi connectivity index (χ1n) is 7.68. The third-order valence-corrected chi connectivity index (χ3v) is 3.37. The number of benzene rings is 1. The summed E-state index contributed by atoms with van der Waals surface area (Å²) in [7, 11) is 0. The maximum Gasteiger partial charge on any atom is 0.335 e. The van der Waals surface area contributed by atoms with E-state index < -0.39 is 5.97 Å². The van der Waals surface area contributed by atoms with Crippen molar-refractivity contribution < 1.29 is 14.6 Å². The monoisotopic (exact) mass is 339 g/mol. The molecule has 2 N–H and O–H groups in total. The Hall–Kier alpha value is -3.42. The molecule has 0 unspecified atom stereocenters. The van der Waals surface area contributed by atoms with Gasteiger partial charge in [-0.05, 0) is 43.3 Å². The van der Waals surface area contributed by atoms with Crippen LogP contribution in [0.25, 0.3) is 5.82 Å². The lowest BCUT2D eigenvalue weighted by Gasteiger charge is -2.08. The van der Waals surface area contributed by atoms with Gasteiger partial charge in [0.05, 0.1) is 17.8 Å². The number of rotatable bonds is 7. The van der Waals surface area contributed by atoms with Gasteiger partial charge in [-0.1, -0.05) is 6.07 Å². The Bertz CT molecular complexity index is 861. The summed E-state index contributed by atoms with van der Waals surface area (Å²) in [6.45, 7) is 2.78. The molecular weight excluding hydrogens is 322 g/mol. The summed E-state index contributed by atoms with van der Waals surface area (Å²) in [5, 5.41) is 24.5. The van der Waals surface area contributed by atoms with E-state index in [2.05, 4.69) is 20.6 Å². The van der Waals surface area contributed by atoms with Gasteiger partial charge in [-0.2, -0.15) is 5.10 Å². The molecule has 0 bridgehead atoms. The first-order chi connectivity index (χ1) is 12.1. The zero-order valence-corrected chi connectivity index (χ0v) is 13.6. The average molecular weight is 339 g/mol. The lowest BCUT2D eigenvalue weighted by Crippen LogP contribution is -2.13. The molecule has 0 saturated heterocycles. The molecule has 0 fully saturated rings. The zero-order valence-electron chi connectivity index (χ0n) is 13.6. The highest BCUT2D eigenvalue weighted by atomic mass is 16.5. The van der Waals surface area contributed by atoms with Crippen LogP contribution < -0.4 is 10.1 Å². The second-order valence-electron chi connectivity index (χ2n) is 5.29. The summed E-state index contributed by atoms with van der Waals surface area (Å²) in [5.41, 5.74) is 1.11. The number of carboxylic acids is 1. The topological polar surface area (TPSA) is 102 Å². The molecule has 3 aromatic rings. The standard InChI is InChI=1S/C17H17N5O3/c1-12-7-9-22(21-12)16-6-5-15(19-20-16)18-8-10-25-14-4-2-3-13(11-14)17(23)24/h2-7,9,11H,8,10H2,1H3,(H,18,19)(H,23,24). The third-order valence-electron chi connectivity index (χ3n) is 3.37. The van der Waals surface area contributed by atoms with Crippen molar-refractivity contribution in [3.05, 3.63) is 59.9 Å². The Morgan fingerprint density at radius 3 is 2.80 bits per heavy atom. The van der Waals surface area contributed by atoms with Crippen molar-refractivity contribution in [2.45, 2.75) is 6.92 Å². The molecule has 0 atom stereocenters. The number of nitrogens with one attached hydrogen (secondary N) is 1. The van der Waals surface area contributed by atoms with E-state index in [1.807, 2.05) is 31.3 Å². The molecule has 0 aliphatic rings. The predicted molar refractivity (Wildman–Crippen MR) is 91.3 cm³/mol. The van der Waals surface area contributed by atoms with Gasteiger partial charge in [-0.3, -0.25) is 0 Å². The van der Waals surface area contributed by atoms with Gasteiger partial charge < -0.3 is 15.2 Å². The normalized spacial score (nSPS) is 10.4. The summed E-state index contributed by atoms with van der Waals surface area (Å²) in [4.78, 5) is 10.9. The number of aromatic nitrogens is 4. The van der Waals surface area contributed by atoms with E-state index in [4.69, 9.17) is 9.84 Å². The number of ether oxygens (including phenoxy) is 1. The van der Waals surface area contributed by atoms with Crippen LogP contribution in [0.1, 0.15) is 16.1 Å². The molecule has 0 amide bonds. The third kappa shape index (κ3) is 4.31. The molecule has 0 saturated carbocycles. The number of carbonyl (C=O) groups is 1. The number of nitrogens with zero attached hydrogens (tertiary/aromatic N) is 4. The molecule has 25 heavy (non-hydrogen) atoms. The quantitative estimate of drug-likeness (QED) is 0.636. The van der Waals surface area contributed by atoms with Gasteiger partial charge in [0.25, 0.3) is 0 Å². The van der Waals surface area contributed by atoms with Gasteiger partial charge in [-0.25, -0.2) is 9.48 Å². The van der Waals surface area contributed by atoms with Crippen LogP contribution in [0.4, 0.5) is 5.82 Å². The number of carboxylic acid groups (broad SMARTS) is 1. The summed E-state index contributed by atoms with van der Waals surface area (Å²) in [5.74, 6) is 0.791. The van der Waals surface area contributed by atoms with Crippen molar-refractivity contribution >= 4 is 11.8 Å². The minimum atomic E-state index is -0.980. The van der Waals surface area contributed by atoms with Gasteiger partial charge >= 0.3 is 5.97 Å². The van der Waals surface area contributed by atoms with E-state index in [1.165, 1.54) is 12.1 Å². The minimum absolute atomic E-state index is 0.195. The summed E-state index contributed by atoms with van der Waals surface area (Å²) in [6.07, 6.45) is 1.82. The van der Waals surface area contributed by atoms with Crippen molar-refractivity contribution in [1.82, 2.24) is 20.0 Å². The molecule has 2 heterocycles. The molecule has 1 aromatic carbocycles. The van der Waals surface area contributed by atoms with Crippen molar-refractivity contribution in [2.75, 3.05) is 18.5 Å². The molecule has 0 aliphatic carbocycles. The van der Waals surface area contributed by atoms with Gasteiger partial charge in [0, 0.05) is 6.20 Å². The maximum atomic E-state index is 10.9. The van der Waals surface area contributed by atoms with E-state index >= 15 is 0 Å². The van der Waals surface area contributed by atoms with Crippen LogP contribution >= 0.6 is 0 Å². The Balaban J connectivity index is 1.49. The fourth-order valence-corrected chi connectivity index (χ4v) is 2.15. The lowest BCUT2D eigenvalue weighted by molar-refractivity contribution is 0.0696. The average Bonchev–Trinajstić information content (AvgIpc) is 3.06. The van der Waals surface area contributed by atoms with Crippen LogP contribution in [0, 0.1) is 6.92 Å². The second-order valence-corrected chi connectivity index (χ2v) is 5.29. The molecule has 8 heteroatoms. The Kier molecular flexibility index (Phi) is 4.89. The van der Waals surface area contributed by atoms with Gasteiger partial charge in [0.1, 0.15) is 18.2 Å². The molecule has 128 valence electrons. The maximum absolute atomic E-state index is 10.9. The molecular formula is C17H17N5O3. The Morgan fingerprint density at radius 2 is 2.12 bits per heavy atom. The first-order valence-corrected chi connectivity index (χ1v) is 7.68. The lowest BCUT2D eigenvalue weighted by atomic mass is 10.2. The molecule has 8 nitrogen and oxygen atoms in total. The van der Waals surface area contributed by atoms with E-state index in [-0.39, 0.29) is 5.56 Å². The number of hydrogen-bond donors (Lipinski definition) is 2. The fraction of sp³-hybridized carbons (Fsp3) is 0.176. The molecule has 0 radical (unpaired) electrons. The van der Waals surface area contributed by atoms with Crippen LogP contribution in [-0.4, -0.2) is 44.2 Å². The summed E-state index contributed by atoms with van der Waals surface area (Å²) >= 11 is 0. The fourth-order valence-electron chi connectivity index (χ4n) is 2.15. The SMILES string of the molecule is Cc1ccn(-c2ccc(NCCOc3cccc(C(=O)O)c3)nn2)n1. The van der Waals surface area contributed by atoms with Crippen LogP contribution in [0.15, 0.2) is 48.7 Å². The van der Waals surface area contributed by atoms with Crippen LogP contribution in [0.5, 0.6) is 5.75 Å². The van der Waals surface area contributed by atoms with E-state index in [0.717, 1.165) is 5.69 Å². The molecule has 3 rings (SSSR count). The highest BCUT2D eigenvalue weighted by Gasteiger charge is 2.04.